The maximum atomic E-state index is 12.2. The standard InChI is InChI=1S/C14H17ClN2O4/c1-21-12-10(15)3-2-4-11(12)16-14(20)17-7-5-9(6-8-17)13(18)19/h2-4,9H,5-8H2,1H3,(H,16,20)(H,18,19). The fourth-order valence-electron chi connectivity index (χ4n) is 2.34. The van der Waals surface area contributed by atoms with Gasteiger partial charge in [0.1, 0.15) is 0 Å². The average molecular weight is 313 g/mol. The molecule has 114 valence electrons. The van der Waals surface area contributed by atoms with Crippen LogP contribution in [0.15, 0.2) is 18.2 Å². The number of methoxy groups -OCH3 is 1. The van der Waals surface area contributed by atoms with E-state index < -0.39 is 5.97 Å². The number of piperidine rings is 1. The van der Waals surface area contributed by atoms with E-state index in [1.54, 1.807) is 23.1 Å². The average Bonchev–Trinajstić information content (AvgIpc) is 2.47. The first kappa shape index (κ1) is 15.4. The van der Waals surface area contributed by atoms with Crippen LogP contribution in [0, 0.1) is 5.92 Å². The molecule has 0 radical (unpaired) electrons. The van der Waals surface area contributed by atoms with Gasteiger partial charge in [-0.2, -0.15) is 0 Å². The Morgan fingerprint density at radius 1 is 1.38 bits per heavy atom. The molecule has 2 amide bonds. The van der Waals surface area contributed by atoms with E-state index in [4.69, 9.17) is 21.4 Å². The molecule has 21 heavy (non-hydrogen) atoms. The summed E-state index contributed by atoms with van der Waals surface area (Å²) < 4.78 is 5.17. The van der Waals surface area contributed by atoms with E-state index in [9.17, 15) is 9.59 Å². The highest BCUT2D eigenvalue weighted by Gasteiger charge is 2.27. The number of halogens is 1. The second-order valence-corrected chi connectivity index (χ2v) is 5.26. The first-order chi connectivity index (χ1) is 10.0. The number of urea groups is 1. The lowest BCUT2D eigenvalue weighted by molar-refractivity contribution is -0.143. The molecule has 1 aromatic rings. The number of carbonyl (C=O) groups excluding carboxylic acids is 1. The van der Waals surface area contributed by atoms with Crippen LogP contribution >= 0.6 is 11.6 Å². The van der Waals surface area contributed by atoms with Gasteiger partial charge in [-0.3, -0.25) is 4.79 Å². The Bertz CT molecular complexity index is 542. The molecular formula is C14H17ClN2O4. The Balaban J connectivity index is 2.00. The van der Waals surface area contributed by atoms with Crippen LogP contribution in [-0.2, 0) is 4.79 Å². The SMILES string of the molecule is COc1c(Cl)cccc1NC(=O)N1CCC(C(=O)O)CC1. The number of ether oxygens (including phenoxy) is 1. The van der Waals surface area contributed by atoms with Gasteiger partial charge in [-0.1, -0.05) is 17.7 Å². The normalized spacial score (nSPS) is 15.6. The Morgan fingerprint density at radius 3 is 2.62 bits per heavy atom. The van der Waals surface area contributed by atoms with E-state index >= 15 is 0 Å². The largest absolute Gasteiger partial charge is 0.493 e. The number of para-hydroxylation sites is 1. The maximum absolute atomic E-state index is 12.2. The maximum Gasteiger partial charge on any atom is 0.321 e. The van der Waals surface area contributed by atoms with Crippen molar-refractivity contribution < 1.29 is 19.4 Å². The summed E-state index contributed by atoms with van der Waals surface area (Å²) in [6, 6.07) is 4.82. The summed E-state index contributed by atoms with van der Waals surface area (Å²) in [7, 11) is 1.48. The zero-order chi connectivity index (χ0) is 15.4. The number of likely N-dealkylation sites (tertiary alicyclic amines) is 1. The molecule has 6 nitrogen and oxygen atoms in total. The number of amides is 2. The minimum atomic E-state index is -0.799. The molecule has 1 heterocycles. The van der Waals surface area contributed by atoms with Crippen molar-refractivity contribution in [2.75, 3.05) is 25.5 Å². The van der Waals surface area contributed by atoms with Gasteiger partial charge < -0.3 is 20.1 Å². The van der Waals surface area contributed by atoms with Crippen LogP contribution in [0.4, 0.5) is 10.5 Å². The van der Waals surface area contributed by atoms with Gasteiger partial charge in [0.05, 0.1) is 23.7 Å². The molecule has 0 saturated carbocycles. The van der Waals surface area contributed by atoms with Crippen molar-refractivity contribution in [3.63, 3.8) is 0 Å². The second-order valence-electron chi connectivity index (χ2n) is 4.85. The van der Waals surface area contributed by atoms with E-state index in [2.05, 4.69) is 5.32 Å². The lowest BCUT2D eigenvalue weighted by Crippen LogP contribution is -2.42. The summed E-state index contributed by atoms with van der Waals surface area (Å²) in [6.07, 6.45) is 0.935. The quantitative estimate of drug-likeness (QED) is 0.899. The van der Waals surface area contributed by atoms with Gasteiger partial charge in [0.2, 0.25) is 0 Å². The third kappa shape index (κ3) is 3.58. The highest BCUT2D eigenvalue weighted by molar-refractivity contribution is 6.32. The van der Waals surface area contributed by atoms with Gasteiger partial charge >= 0.3 is 12.0 Å². The number of hydrogen-bond donors (Lipinski definition) is 2. The highest BCUT2D eigenvalue weighted by Crippen LogP contribution is 2.32. The van der Waals surface area contributed by atoms with Gasteiger partial charge in [0, 0.05) is 13.1 Å². The molecule has 1 aliphatic rings. The molecule has 0 aromatic heterocycles. The fourth-order valence-corrected chi connectivity index (χ4v) is 2.59. The molecule has 2 rings (SSSR count). The molecule has 1 fully saturated rings. The minimum absolute atomic E-state index is 0.278. The first-order valence-corrected chi connectivity index (χ1v) is 7.02. The van der Waals surface area contributed by atoms with E-state index in [1.807, 2.05) is 0 Å². The van der Waals surface area contributed by atoms with Crippen molar-refractivity contribution in [1.29, 1.82) is 0 Å². The van der Waals surface area contributed by atoms with Crippen LogP contribution in [-0.4, -0.2) is 42.2 Å². The van der Waals surface area contributed by atoms with Crippen LogP contribution in [0.2, 0.25) is 5.02 Å². The molecular weight excluding hydrogens is 296 g/mol. The summed E-state index contributed by atoms with van der Waals surface area (Å²) in [5.74, 6) is -0.755. The number of hydrogen-bond acceptors (Lipinski definition) is 3. The lowest BCUT2D eigenvalue weighted by Gasteiger charge is -2.30. The van der Waals surface area contributed by atoms with E-state index in [-0.39, 0.29) is 11.9 Å². The predicted molar refractivity (Wildman–Crippen MR) is 79.0 cm³/mol. The van der Waals surface area contributed by atoms with Gasteiger partial charge in [-0.25, -0.2) is 4.79 Å². The van der Waals surface area contributed by atoms with E-state index in [0.29, 0.717) is 42.4 Å². The number of anilines is 1. The predicted octanol–water partition coefficient (Wildman–Crippen LogP) is 2.68. The zero-order valence-electron chi connectivity index (χ0n) is 11.6. The molecule has 1 saturated heterocycles. The van der Waals surface area contributed by atoms with Crippen LogP contribution < -0.4 is 10.1 Å². The number of nitrogens with zero attached hydrogens (tertiary/aromatic N) is 1. The number of nitrogens with one attached hydrogen (secondary N) is 1. The number of carbonyl (C=O) groups is 2. The molecule has 0 aliphatic carbocycles. The topological polar surface area (TPSA) is 78.9 Å². The molecule has 1 aliphatic heterocycles. The summed E-state index contributed by atoms with van der Waals surface area (Å²) >= 11 is 6.00. The smallest absolute Gasteiger partial charge is 0.321 e. The minimum Gasteiger partial charge on any atom is -0.493 e. The highest BCUT2D eigenvalue weighted by atomic mass is 35.5. The van der Waals surface area contributed by atoms with Crippen LogP contribution in [0.25, 0.3) is 0 Å². The number of rotatable bonds is 3. The summed E-state index contributed by atoms with van der Waals surface area (Å²) in [6.45, 7) is 0.845. The molecule has 7 heteroatoms. The summed E-state index contributed by atoms with van der Waals surface area (Å²) in [5, 5.41) is 12.1. The lowest BCUT2D eigenvalue weighted by atomic mass is 9.97. The van der Waals surface area contributed by atoms with Crippen molar-refractivity contribution in [3.05, 3.63) is 23.2 Å². The molecule has 0 bridgehead atoms. The Morgan fingerprint density at radius 2 is 2.05 bits per heavy atom. The van der Waals surface area contributed by atoms with Gasteiger partial charge in [0.15, 0.2) is 5.75 Å². The van der Waals surface area contributed by atoms with Crippen molar-refractivity contribution >= 4 is 29.3 Å². The summed E-state index contributed by atoms with van der Waals surface area (Å²) in [4.78, 5) is 24.7. The Hall–Kier alpha value is -1.95. The monoisotopic (exact) mass is 312 g/mol. The fraction of sp³-hybridized carbons (Fsp3) is 0.429. The molecule has 2 N–H and O–H groups in total. The number of carboxylic acids is 1. The van der Waals surface area contributed by atoms with Gasteiger partial charge in [-0.05, 0) is 25.0 Å². The Kier molecular flexibility index (Phi) is 4.90. The van der Waals surface area contributed by atoms with Crippen LogP contribution in [0.1, 0.15) is 12.8 Å². The number of carboxylic acid groups (broad SMARTS) is 1. The van der Waals surface area contributed by atoms with Crippen molar-refractivity contribution in [2.24, 2.45) is 5.92 Å². The van der Waals surface area contributed by atoms with Gasteiger partial charge in [0.25, 0.3) is 0 Å². The Labute approximate surface area is 127 Å². The number of aliphatic carboxylic acids is 1. The van der Waals surface area contributed by atoms with Crippen molar-refractivity contribution in [2.45, 2.75) is 12.8 Å². The molecule has 1 aromatic carbocycles. The van der Waals surface area contributed by atoms with E-state index in [0.717, 1.165) is 0 Å². The molecule has 0 spiro atoms. The molecule has 0 unspecified atom stereocenters. The van der Waals surface area contributed by atoms with Crippen LogP contribution in [0.3, 0.4) is 0 Å². The summed E-state index contributed by atoms with van der Waals surface area (Å²) in [5.41, 5.74) is 0.496. The third-order valence-corrected chi connectivity index (χ3v) is 3.84. The molecule has 0 atom stereocenters. The first-order valence-electron chi connectivity index (χ1n) is 6.64. The third-order valence-electron chi connectivity index (χ3n) is 3.54. The van der Waals surface area contributed by atoms with Gasteiger partial charge in [-0.15, -0.1) is 0 Å². The zero-order valence-corrected chi connectivity index (χ0v) is 12.4. The van der Waals surface area contributed by atoms with Crippen molar-refractivity contribution in [3.8, 4) is 5.75 Å². The number of benzene rings is 1. The van der Waals surface area contributed by atoms with Crippen LogP contribution in [0.5, 0.6) is 5.75 Å². The van der Waals surface area contributed by atoms with Crippen molar-refractivity contribution in [1.82, 2.24) is 4.90 Å². The van der Waals surface area contributed by atoms with E-state index in [1.165, 1.54) is 7.11 Å². The second kappa shape index (κ2) is 6.67.